The summed E-state index contributed by atoms with van der Waals surface area (Å²) < 4.78 is 0.188. The Kier molecular flexibility index (Phi) is 4.60. The Morgan fingerprint density at radius 2 is 1.90 bits per heavy atom. The standard InChI is InChI=1S/C14H13Cl4NO/c1-14(2)8(6-11(17)18)12(14)13(20)19-7-3-4-9(15)10(16)5-7/h3-6,8,12H,1-2H3,(H,19,20)/t8-,12-/m1/s1. The van der Waals surface area contributed by atoms with E-state index in [-0.39, 0.29) is 27.6 Å². The van der Waals surface area contributed by atoms with Crippen LogP contribution in [-0.2, 0) is 4.79 Å². The van der Waals surface area contributed by atoms with E-state index in [1.807, 2.05) is 13.8 Å². The van der Waals surface area contributed by atoms with Crippen LogP contribution in [0.4, 0.5) is 5.69 Å². The fourth-order valence-electron chi connectivity index (χ4n) is 2.42. The zero-order chi connectivity index (χ0) is 15.1. The molecule has 1 aromatic rings. The maximum atomic E-state index is 12.3. The van der Waals surface area contributed by atoms with Gasteiger partial charge in [-0.25, -0.2) is 0 Å². The van der Waals surface area contributed by atoms with Crippen molar-refractivity contribution in [1.29, 1.82) is 0 Å². The molecule has 20 heavy (non-hydrogen) atoms. The van der Waals surface area contributed by atoms with E-state index in [0.29, 0.717) is 15.7 Å². The van der Waals surface area contributed by atoms with Gasteiger partial charge in [-0.05, 0) is 35.6 Å². The van der Waals surface area contributed by atoms with Crippen LogP contribution in [0.3, 0.4) is 0 Å². The fraction of sp³-hybridized carbons (Fsp3) is 0.357. The minimum atomic E-state index is -0.163. The smallest absolute Gasteiger partial charge is 0.228 e. The predicted octanol–water partition coefficient (Wildman–Crippen LogP) is 5.52. The minimum absolute atomic E-state index is 0.0373. The van der Waals surface area contributed by atoms with Gasteiger partial charge in [0, 0.05) is 5.69 Å². The molecule has 1 N–H and O–H groups in total. The highest BCUT2D eigenvalue weighted by Crippen LogP contribution is 2.60. The molecule has 2 nitrogen and oxygen atoms in total. The van der Waals surface area contributed by atoms with Gasteiger partial charge < -0.3 is 5.32 Å². The summed E-state index contributed by atoms with van der Waals surface area (Å²) >= 11 is 23.1. The van der Waals surface area contributed by atoms with Gasteiger partial charge in [0.05, 0.1) is 16.0 Å². The van der Waals surface area contributed by atoms with Gasteiger partial charge in [0.1, 0.15) is 4.49 Å². The Labute approximate surface area is 138 Å². The van der Waals surface area contributed by atoms with Crippen molar-refractivity contribution in [2.45, 2.75) is 13.8 Å². The Bertz CT molecular complexity index is 579. The van der Waals surface area contributed by atoms with Crippen molar-refractivity contribution >= 4 is 58.0 Å². The molecule has 0 spiro atoms. The molecule has 2 atom stereocenters. The molecule has 6 heteroatoms. The normalized spacial score (nSPS) is 23.1. The first kappa shape index (κ1) is 16.0. The van der Waals surface area contributed by atoms with Gasteiger partial charge in [-0.15, -0.1) is 0 Å². The van der Waals surface area contributed by atoms with Crippen LogP contribution in [-0.4, -0.2) is 5.91 Å². The molecule has 1 aromatic carbocycles. The number of nitrogens with one attached hydrogen (secondary N) is 1. The molecule has 0 aliphatic heterocycles. The number of allylic oxidation sites excluding steroid dienone is 1. The van der Waals surface area contributed by atoms with Crippen LogP contribution < -0.4 is 5.32 Å². The molecular weight excluding hydrogens is 340 g/mol. The molecule has 1 aliphatic carbocycles. The second-order valence-electron chi connectivity index (χ2n) is 5.40. The van der Waals surface area contributed by atoms with Crippen LogP contribution in [0, 0.1) is 17.3 Å². The Balaban J connectivity index is 2.10. The molecule has 1 fully saturated rings. The molecule has 1 amide bonds. The van der Waals surface area contributed by atoms with E-state index in [0.717, 1.165) is 0 Å². The van der Waals surface area contributed by atoms with E-state index in [4.69, 9.17) is 46.4 Å². The van der Waals surface area contributed by atoms with Crippen molar-refractivity contribution < 1.29 is 4.79 Å². The number of rotatable bonds is 3. The quantitative estimate of drug-likeness (QED) is 0.761. The zero-order valence-corrected chi connectivity index (χ0v) is 13.9. The number of anilines is 1. The second kappa shape index (κ2) is 5.76. The third-order valence-corrected chi connectivity index (χ3v) is 4.68. The van der Waals surface area contributed by atoms with Crippen molar-refractivity contribution in [3.8, 4) is 0 Å². The number of amides is 1. The third-order valence-electron chi connectivity index (χ3n) is 3.69. The van der Waals surface area contributed by atoms with Crippen LogP contribution in [0.5, 0.6) is 0 Å². The van der Waals surface area contributed by atoms with E-state index in [9.17, 15) is 4.79 Å². The summed E-state index contributed by atoms with van der Waals surface area (Å²) in [6.45, 7) is 4.01. The molecule has 0 aromatic heterocycles. The molecule has 1 saturated carbocycles. The molecule has 0 heterocycles. The molecule has 0 saturated heterocycles. The third kappa shape index (κ3) is 3.25. The molecule has 108 valence electrons. The van der Waals surface area contributed by atoms with Crippen molar-refractivity contribution in [1.82, 2.24) is 0 Å². The summed E-state index contributed by atoms with van der Waals surface area (Å²) in [5, 5.41) is 3.69. The van der Waals surface area contributed by atoms with Crippen LogP contribution in [0.2, 0.25) is 10.0 Å². The van der Waals surface area contributed by atoms with Crippen molar-refractivity contribution in [3.63, 3.8) is 0 Å². The number of carbonyl (C=O) groups excluding carboxylic acids is 1. The van der Waals surface area contributed by atoms with Crippen molar-refractivity contribution in [2.75, 3.05) is 5.32 Å². The molecule has 0 bridgehead atoms. The zero-order valence-electron chi connectivity index (χ0n) is 10.9. The van der Waals surface area contributed by atoms with E-state index in [2.05, 4.69) is 5.32 Å². The average molecular weight is 353 g/mol. The van der Waals surface area contributed by atoms with E-state index in [1.165, 1.54) is 0 Å². The highest BCUT2D eigenvalue weighted by atomic mass is 35.5. The average Bonchev–Trinajstić information content (AvgIpc) is 2.84. The highest BCUT2D eigenvalue weighted by Gasteiger charge is 2.60. The number of benzene rings is 1. The Morgan fingerprint density at radius 3 is 2.45 bits per heavy atom. The minimum Gasteiger partial charge on any atom is -0.326 e. The lowest BCUT2D eigenvalue weighted by molar-refractivity contribution is -0.118. The highest BCUT2D eigenvalue weighted by molar-refractivity contribution is 6.55. The van der Waals surface area contributed by atoms with Gasteiger partial charge in [-0.2, -0.15) is 0 Å². The number of hydrogen-bond donors (Lipinski definition) is 1. The lowest BCUT2D eigenvalue weighted by atomic mass is 10.1. The van der Waals surface area contributed by atoms with E-state index >= 15 is 0 Å². The summed E-state index contributed by atoms with van der Waals surface area (Å²) in [7, 11) is 0. The van der Waals surface area contributed by atoms with Crippen LogP contribution in [0.1, 0.15) is 13.8 Å². The second-order valence-corrected chi connectivity index (χ2v) is 7.22. The molecule has 2 rings (SSSR count). The first-order valence-electron chi connectivity index (χ1n) is 6.02. The number of carbonyl (C=O) groups is 1. The summed E-state index contributed by atoms with van der Waals surface area (Å²) in [5.74, 6) is -0.205. The topological polar surface area (TPSA) is 29.1 Å². The van der Waals surface area contributed by atoms with Gasteiger partial charge in [0.25, 0.3) is 0 Å². The van der Waals surface area contributed by atoms with Crippen LogP contribution >= 0.6 is 46.4 Å². The number of halogens is 4. The predicted molar refractivity (Wildman–Crippen MR) is 85.6 cm³/mol. The van der Waals surface area contributed by atoms with Gasteiger partial charge in [0.2, 0.25) is 5.91 Å². The first-order valence-corrected chi connectivity index (χ1v) is 7.53. The maximum Gasteiger partial charge on any atom is 0.228 e. The summed E-state index contributed by atoms with van der Waals surface area (Å²) in [4.78, 5) is 12.3. The summed E-state index contributed by atoms with van der Waals surface area (Å²) in [6, 6.07) is 4.97. The first-order chi connectivity index (χ1) is 9.23. The number of hydrogen-bond acceptors (Lipinski definition) is 1. The summed E-state index contributed by atoms with van der Waals surface area (Å²) in [6.07, 6.45) is 1.71. The van der Waals surface area contributed by atoms with Crippen molar-refractivity contribution in [2.24, 2.45) is 17.3 Å². The monoisotopic (exact) mass is 351 g/mol. The molecule has 1 aliphatic rings. The molecule has 0 radical (unpaired) electrons. The van der Waals surface area contributed by atoms with E-state index < -0.39 is 0 Å². The van der Waals surface area contributed by atoms with Crippen LogP contribution in [0.25, 0.3) is 0 Å². The maximum absolute atomic E-state index is 12.3. The van der Waals surface area contributed by atoms with Gasteiger partial charge in [0.15, 0.2) is 0 Å². The van der Waals surface area contributed by atoms with Gasteiger partial charge >= 0.3 is 0 Å². The van der Waals surface area contributed by atoms with Gasteiger partial charge in [-0.3, -0.25) is 4.79 Å². The van der Waals surface area contributed by atoms with Crippen LogP contribution in [0.15, 0.2) is 28.8 Å². The Morgan fingerprint density at radius 1 is 1.25 bits per heavy atom. The summed E-state index contributed by atoms with van der Waals surface area (Å²) in [5.41, 5.74) is 0.460. The largest absolute Gasteiger partial charge is 0.326 e. The molecular formula is C14H13Cl4NO. The fourth-order valence-corrected chi connectivity index (χ4v) is 2.99. The lowest BCUT2D eigenvalue weighted by Gasteiger charge is -2.07. The lowest BCUT2D eigenvalue weighted by Crippen LogP contribution is -2.16. The molecule has 0 unspecified atom stereocenters. The van der Waals surface area contributed by atoms with E-state index in [1.54, 1.807) is 24.3 Å². The SMILES string of the molecule is CC1(C)[C@H](C=C(Cl)Cl)[C@@H]1C(=O)Nc1ccc(Cl)c(Cl)c1. The van der Waals surface area contributed by atoms with Gasteiger partial charge in [-0.1, -0.05) is 60.3 Å². The Hall–Kier alpha value is -0.410. The van der Waals surface area contributed by atoms with Crippen molar-refractivity contribution in [3.05, 3.63) is 38.8 Å².